The van der Waals surface area contributed by atoms with Crippen molar-refractivity contribution in [2.45, 2.75) is 33.9 Å². The van der Waals surface area contributed by atoms with Crippen LogP contribution in [0.1, 0.15) is 31.9 Å². The Morgan fingerprint density at radius 2 is 1.86 bits per heavy atom. The Morgan fingerprint density at radius 1 is 1.24 bits per heavy atom. The minimum Gasteiger partial charge on any atom is -0.392 e. The van der Waals surface area contributed by atoms with Crippen LogP contribution in [0.3, 0.4) is 0 Å². The Morgan fingerprint density at radius 3 is 2.43 bits per heavy atom. The van der Waals surface area contributed by atoms with Crippen LogP contribution < -0.4 is 5.32 Å². The third kappa shape index (κ3) is 4.16. The van der Waals surface area contributed by atoms with Gasteiger partial charge in [-0.3, -0.25) is 9.48 Å². The van der Waals surface area contributed by atoms with E-state index >= 15 is 0 Å². The summed E-state index contributed by atoms with van der Waals surface area (Å²) in [5, 5.41) is 16.1. The van der Waals surface area contributed by atoms with Crippen LogP contribution in [0.2, 0.25) is 0 Å². The second-order valence-electron chi connectivity index (χ2n) is 6.11. The number of anilines is 1. The van der Waals surface area contributed by atoms with Gasteiger partial charge in [0.05, 0.1) is 25.0 Å². The molecule has 1 aromatic carbocycles. The lowest BCUT2D eigenvalue weighted by Gasteiger charge is -2.16. The van der Waals surface area contributed by atoms with Crippen LogP contribution in [0.25, 0.3) is 0 Å². The summed E-state index contributed by atoms with van der Waals surface area (Å²) < 4.78 is 1.77. The van der Waals surface area contributed by atoms with Gasteiger partial charge >= 0.3 is 0 Å². The van der Waals surface area contributed by atoms with Crippen molar-refractivity contribution >= 4 is 11.6 Å². The fourth-order valence-electron chi connectivity index (χ4n) is 1.77. The van der Waals surface area contributed by atoms with Gasteiger partial charge < -0.3 is 10.4 Å². The molecule has 0 saturated heterocycles. The molecule has 0 aliphatic heterocycles. The molecule has 2 aromatic rings. The number of hydrogen-bond donors (Lipinski definition) is 2. The van der Waals surface area contributed by atoms with Gasteiger partial charge in [-0.15, -0.1) is 0 Å². The zero-order valence-corrected chi connectivity index (χ0v) is 12.6. The van der Waals surface area contributed by atoms with Crippen molar-refractivity contribution in [1.82, 2.24) is 9.78 Å². The number of amides is 1. The number of carbonyl (C=O) groups excluding carboxylic acids is 1. The van der Waals surface area contributed by atoms with E-state index in [2.05, 4.69) is 10.4 Å². The second-order valence-corrected chi connectivity index (χ2v) is 6.11. The van der Waals surface area contributed by atoms with Crippen molar-refractivity contribution < 1.29 is 9.90 Å². The first-order chi connectivity index (χ1) is 9.88. The van der Waals surface area contributed by atoms with Crippen molar-refractivity contribution in [1.29, 1.82) is 0 Å². The molecule has 0 unspecified atom stereocenters. The molecule has 0 aliphatic carbocycles. The van der Waals surface area contributed by atoms with Gasteiger partial charge in [0.2, 0.25) is 5.91 Å². The van der Waals surface area contributed by atoms with Crippen LogP contribution in [0.5, 0.6) is 0 Å². The Balaban J connectivity index is 2.01. The van der Waals surface area contributed by atoms with E-state index in [1.54, 1.807) is 10.9 Å². The van der Waals surface area contributed by atoms with Crippen molar-refractivity contribution in [2.24, 2.45) is 5.41 Å². The molecule has 21 heavy (non-hydrogen) atoms. The summed E-state index contributed by atoms with van der Waals surface area (Å²) in [6.45, 7) is 6.28. The summed E-state index contributed by atoms with van der Waals surface area (Å²) in [5.74, 6) is -0.0330. The van der Waals surface area contributed by atoms with Gasteiger partial charge in [-0.25, -0.2) is 0 Å². The van der Waals surface area contributed by atoms with Crippen molar-refractivity contribution in [3.8, 4) is 0 Å². The number of nitrogens with one attached hydrogen (secondary N) is 1. The molecule has 112 valence electrons. The van der Waals surface area contributed by atoms with Crippen LogP contribution in [0, 0.1) is 5.41 Å². The van der Waals surface area contributed by atoms with Crippen LogP contribution in [-0.2, 0) is 17.9 Å². The first-order valence-electron chi connectivity index (χ1n) is 6.91. The third-order valence-electron chi connectivity index (χ3n) is 3.12. The smallest absolute Gasteiger partial charge is 0.229 e. The van der Waals surface area contributed by atoms with Crippen LogP contribution >= 0.6 is 0 Å². The predicted molar refractivity (Wildman–Crippen MR) is 81.8 cm³/mol. The summed E-state index contributed by atoms with van der Waals surface area (Å²) in [4.78, 5) is 11.9. The van der Waals surface area contributed by atoms with E-state index in [0.717, 1.165) is 11.1 Å². The molecule has 5 nitrogen and oxygen atoms in total. The highest BCUT2D eigenvalue weighted by Crippen LogP contribution is 2.17. The fraction of sp³-hybridized carbons (Fsp3) is 0.375. The zero-order chi connectivity index (χ0) is 15.5. The lowest BCUT2D eigenvalue weighted by Crippen LogP contribution is -2.27. The van der Waals surface area contributed by atoms with Crippen LogP contribution in [0.4, 0.5) is 5.69 Å². The summed E-state index contributed by atoms with van der Waals surface area (Å²) in [6.07, 6.45) is 3.45. The maximum absolute atomic E-state index is 11.9. The van der Waals surface area contributed by atoms with Gasteiger partial charge in [0.15, 0.2) is 0 Å². The number of hydrogen-bond acceptors (Lipinski definition) is 3. The highest BCUT2D eigenvalue weighted by molar-refractivity contribution is 5.94. The Kier molecular flexibility index (Phi) is 4.43. The number of rotatable bonds is 4. The average Bonchev–Trinajstić information content (AvgIpc) is 2.86. The minimum atomic E-state index is -0.428. The zero-order valence-electron chi connectivity index (χ0n) is 12.6. The van der Waals surface area contributed by atoms with E-state index in [1.807, 2.05) is 51.2 Å². The molecule has 1 amide bonds. The van der Waals surface area contributed by atoms with Crippen molar-refractivity contribution in [2.75, 3.05) is 5.32 Å². The van der Waals surface area contributed by atoms with Gasteiger partial charge in [0, 0.05) is 11.6 Å². The van der Waals surface area contributed by atoms with Crippen LogP contribution in [0.15, 0.2) is 36.7 Å². The summed E-state index contributed by atoms with van der Waals surface area (Å²) >= 11 is 0. The third-order valence-corrected chi connectivity index (χ3v) is 3.12. The monoisotopic (exact) mass is 287 g/mol. The van der Waals surface area contributed by atoms with E-state index in [4.69, 9.17) is 5.11 Å². The molecule has 0 radical (unpaired) electrons. The molecule has 1 heterocycles. The Labute approximate surface area is 124 Å². The average molecular weight is 287 g/mol. The maximum atomic E-state index is 11.9. The second kappa shape index (κ2) is 6.10. The minimum absolute atomic E-state index is 0.0330. The van der Waals surface area contributed by atoms with E-state index in [0.29, 0.717) is 12.2 Å². The molecule has 5 heteroatoms. The molecule has 0 spiro atoms. The molecule has 2 rings (SSSR count). The lowest BCUT2D eigenvalue weighted by atomic mass is 9.96. The van der Waals surface area contributed by atoms with E-state index in [-0.39, 0.29) is 12.5 Å². The maximum Gasteiger partial charge on any atom is 0.229 e. The Hall–Kier alpha value is -2.14. The lowest BCUT2D eigenvalue weighted by molar-refractivity contribution is -0.123. The number of benzene rings is 1. The number of aromatic nitrogens is 2. The summed E-state index contributed by atoms with van der Waals surface area (Å²) in [5.41, 5.74) is 2.24. The first-order valence-corrected chi connectivity index (χ1v) is 6.91. The summed E-state index contributed by atoms with van der Waals surface area (Å²) in [7, 11) is 0. The highest BCUT2D eigenvalue weighted by atomic mass is 16.3. The van der Waals surface area contributed by atoms with Gasteiger partial charge in [-0.2, -0.15) is 5.10 Å². The SMILES string of the molecule is CC(C)(C)C(=O)Nc1cnn(Cc2ccc(CO)cc2)c1. The largest absolute Gasteiger partial charge is 0.392 e. The number of nitrogens with zero attached hydrogens (tertiary/aromatic N) is 2. The molecule has 1 aromatic heterocycles. The standard InChI is InChI=1S/C16H21N3O2/c1-16(2,3)15(21)18-14-8-17-19(10-14)9-12-4-6-13(11-20)7-5-12/h4-8,10,20H,9,11H2,1-3H3,(H,18,21). The predicted octanol–water partition coefficient (Wildman–Crippen LogP) is 2.41. The summed E-state index contributed by atoms with van der Waals surface area (Å²) in [6, 6.07) is 7.70. The van der Waals surface area contributed by atoms with E-state index in [1.165, 1.54) is 0 Å². The number of carbonyl (C=O) groups is 1. The van der Waals surface area contributed by atoms with Gasteiger partial charge in [0.25, 0.3) is 0 Å². The number of aliphatic hydroxyl groups is 1. The molecular formula is C16H21N3O2. The molecule has 0 aliphatic rings. The highest BCUT2D eigenvalue weighted by Gasteiger charge is 2.21. The molecule has 0 bridgehead atoms. The van der Waals surface area contributed by atoms with Crippen LogP contribution in [-0.4, -0.2) is 20.8 Å². The first kappa shape index (κ1) is 15.3. The van der Waals surface area contributed by atoms with Crippen molar-refractivity contribution in [3.05, 3.63) is 47.8 Å². The normalized spacial score (nSPS) is 11.4. The molecular weight excluding hydrogens is 266 g/mol. The van der Waals surface area contributed by atoms with Gasteiger partial charge in [-0.05, 0) is 11.1 Å². The molecule has 2 N–H and O–H groups in total. The Bertz CT molecular complexity index is 609. The van der Waals surface area contributed by atoms with Gasteiger partial charge in [0.1, 0.15) is 0 Å². The molecule has 0 atom stereocenters. The van der Waals surface area contributed by atoms with Crippen molar-refractivity contribution in [3.63, 3.8) is 0 Å². The fourth-order valence-corrected chi connectivity index (χ4v) is 1.77. The number of aliphatic hydroxyl groups excluding tert-OH is 1. The van der Waals surface area contributed by atoms with Gasteiger partial charge in [-0.1, -0.05) is 45.0 Å². The van der Waals surface area contributed by atoms with E-state index < -0.39 is 5.41 Å². The quantitative estimate of drug-likeness (QED) is 0.907. The topological polar surface area (TPSA) is 67.2 Å². The molecule has 0 saturated carbocycles. The van der Waals surface area contributed by atoms with E-state index in [9.17, 15) is 4.79 Å². The molecule has 0 fully saturated rings.